The molecule has 1 aromatic heterocycles. The number of hydrogen-bond acceptors (Lipinski definition) is 4. The lowest BCUT2D eigenvalue weighted by Crippen LogP contribution is -2.44. The molecule has 0 bridgehead atoms. The topological polar surface area (TPSA) is 95.5 Å². The van der Waals surface area contributed by atoms with Crippen molar-refractivity contribution < 1.29 is 23.9 Å². The molecule has 0 spiro atoms. The molecular formula is C19H21FN2O4S. The minimum Gasteiger partial charge on any atom is -0.480 e. The van der Waals surface area contributed by atoms with E-state index < -0.39 is 29.6 Å². The Hall–Kier alpha value is -2.74. The highest BCUT2D eigenvalue weighted by Gasteiger charge is 2.27. The van der Waals surface area contributed by atoms with Crippen molar-refractivity contribution in [3.63, 3.8) is 0 Å². The van der Waals surface area contributed by atoms with E-state index in [0.29, 0.717) is 21.9 Å². The van der Waals surface area contributed by atoms with Crippen molar-refractivity contribution in [1.82, 2.24) is 5.32 Å². The lowest BCUT2D eigenvalue weighted by molar-refractivity contribution is -0.140. The molecule has 0 saturated heterocycles. The summed E-state index contributed by atoms with van der Waals surface area (Å²) in [6.45, 7) is 5.30. The molecule has 1 aromatic carbocycles. The number of rotatable bonds is 7. The Labute approximate surface area is 160 Å². The fraction of sp³-hybridized carbons (Fsp3) is 0.316. The van der Waals surface area contributed by atoms with E-state index in [0.717, 1.165) is 17.4 Å². The third kappa shape index (κ3) is 5.13. The van der Waals surface area contributed by atoms with Gasteiger partial charge in [-0.3, -0.25) is 9.59 Å². The number of anilines is 1. The van der Waals surface area contributed by atoms with Crippen molar-refractivity contribution >= 4 is 34.1 Å². The van der Waals surface area contributed by atoms with Gasteiger partial charge in [0.2, 0.25) is 0 Å². The number of aryl methyl sites for hydroxylation is 1. The van der Waals surface area contributed by atoms with Gasteiger partial charge in [0, 0.05) is 5.56 Å². The van der Waals surface area contributed by atoms with Crippen LogP contribution in [0.5, 0.6) is 0 Å². The first-order valence-corrected chi connectivity index (χ1v) is 9.25. The Kier molecular flexibility index (Phi) is 6.68. The second kappa shape index (κ2) is 8.77. The SMILES string of the molecule is CCC(C)C(NC(=O)c1sc(NC(=O)c2cccc(F)c2)cc1C)C(=O)O. The van der Waals surface area contributed by atoms with Crippen molar-refractivity contribution in [2.24, 2.45) is 5.92 Å². The van der Waals surface area contributed by atoms with Crippen LogP contribution in [0.25, 0.3) is 0 Å². The van der Waals surface area contributed by atoms with E-state index in [1.54, 1.807) is 19.9 Å². The van der Waals surface area contributed by atoms with Crippen molar-refractivity contribution in [3.05, 3.63) is 52.2 Å². The average molecular weight is 392 g/mol. The minimum absolute atomic E-state index is 0.162. The molecule has 0 aliphatic carbocycles. The summed E-state index contributed by atoms with van der Waals surface area (Å²) >= 11 is 1.04. The van der Waals surface area contributed by atoms with Crippen molar-refractivity contribution in [3.8, 4) is 0 Å². The molecule has 0 aliphatic rings. The van der Waals surface area contributed by atoms with Crippen molar-refractivity contribution in [2.75, 3.05) is 5.32 Å². The number of nitrogens with one attached hydrogen (secondary N) is 2. The molecule has 0 fully saturated rings. The number of carboxylic acid groups (broad SMARTS) is 1. The molecule has 2 unspecified atom stereocenters. The third-order valence-electron chi connectivity index (χ3n) is 4.21. The van der Waals surface area contributed by atoms with E-state index in [9.17, 15) is 23.9 Å². The molecule has 1 heterocycles. The van der Waals surface area contributed by atoms with Gasteiger partial charge in [0.05, 0.1) is 9.88 Å². The van der Waals surface area contributed by atoms with Gasteiger partial charge in [0.25, 0.3) is 11.8 Å². The van der Waals surface area contributed by atoms with Crippen LogP contribution in [0.15, 0.2) is 30.3 Å². The van der Waals surface area contributed by atoms with Gasteiger partial charge >= 0.3 is 5.97 Å². The van der Waals surface area contributed by atoms with Gasteiger partial charge in [-0.2, -0.15) is 0 Å². The Morgan fingerprint density at radius 2 is 1.93 bits per heavy atom. The maximum atomic E-state index is 13.2. The highest BCUT2D eigenvalue weighted by Crippen LogP contribution is 2.27. The maximum absolute atomic E-state index is 13.2. The Bertz CT molecular complexity index is 865. The second-order valence-corrected chi connectivity index (χ2v) is 7.31. The highest BCUT2D eigenvalue weighted by atomic mass is 32.1. The summed E-state index contributed by atoms with van der Waals surface area (Å²) in [6, 6.07) is 5.90. The van der Waals surface area contributed by atoms with Gasteiger partial charge < -0.3 is 15.7 Å². The second-order valence-electron chi connectivity index (χ2n) is 6.26. The van der Waals surface area contributed by atoms with Crippen LogP contribution in [0.2, 0.25) is 0 Å². The van der Waals surface area contributed by atoms with Crippen LogP contribution < -0.4 is 10.6 Å². The Morgan fingerprint density at radius 3 is 2.52 bits per heavy atom. The van der Waals surface area contributed by atoms with Gasteiger partial charge in [-0.05, 0) is 42.7 Å². The normalized spacial score (nSPS) is 12.9. The molecule has 2 atom stereocenters. The largest absolute Gasteiger partial charge is 0.480 e. The number of amides is 2. The quantitative estimate of drug-likeness (QED) is 0.670. The van der Waals surface area contributed by atoms with Gasteiger partial charge in [0.15, 0.2) is 0 Å². The first-order valence-electron chi connectivity index (χ1n) is 8.44. The number of halogens is 1. The molecule has 2 rings (SSSR count). The summed E-state index contributed by atoms with van der Waals surface area (Å²) in [4.78, 5) is 36.4. The number of carbonyl (C=O) groups is 3. The van der Waals surface area contributed by atoms with Crippen LogP contribution in [0, 0.1) is 18.7 Å². The van der Waals surface area contributed by atoms with Crippen LogP contribution >= 0.6 is 11.3 Å². The highest BCUT2D eigenvalue weighted by molar-refractivity contribution is 7.18. The number of benzene rings is 1. The van der Waals surface area contributed by atoms with Gasteiger partial charge in [0.1, 0.15) is 11.9 Å². The number of aliphatic carboxylic acids is 1. The maximum Gasteiger partial charge on any atom is 0.326 e. The molecule has 2 aromatic rings. The van der Waals surface area contributed by atoms with Gasteiger partial charge in [-0.15, -0.1) is 11.3 Å². The number of hydrogen-bond donors (Lipinski definition) is 3. The van der Waals surface area contributed by atoms with E-state index in [2.05, 4.69) is 10.6 Å². The molecule has 2 amide bonds. The average Bonchev–Trinajstić information content (AvgIpc) is 2.98. The summed E-state index contributed by atoms with van der Waals surface area (Å²) in [5.41, 5.74) is 0.773. The Morgan fingerprint density at radius 1 is 1.22 bits per heavy atom. The summed E-state index contributed by atoms with van der Waals surface area (Å²) < 4.78 is 13.2. The third-order valence-corrected chi connectivity index (χ3v) is 5.36. The zero-order valence-electron chi connectivity index (χ0n) is 15.2. The first kappa shape index (κ1) is 20.6. The summed E-state index contributed by atoms with van der Waals surface area (Å²) in [5, 5.41) is 14.9. The van der Waals surface area contributed by atoms with Crippen molar-refractivity contribution in [1.29, 1.82) is 0 Å². The molecule has 144 valence electrons. The molecule has 27 heavy (non-hydrogen) atoms. The van der Waals surface area contributed by atoms with E-state index >= 15 is 0 Å². The molecule has 0 radical (unpaired) electrons. The van der Waals surface area contributed by atoms with Crippen LogP contribution in [0.3, 0.4) is 0 Å². The number of carbonyl (C=O) groups excluding carboxylic acids is 2. The van der Waals surface area contributed by atoms with E-state index in [4.69, 9.17) is 0 Å². The predicted octanol–water partition coefficient (Wildman–Crippen LogP) is 3.68. The van der Waals surface area contributed by atoms with E-state index in [-0.39, 0.29) is 11.5 Å². The molecule has 0 aliphatic heterocycles. The number of thiophene rings is 1. The first-order chi connectivity index (χ1) is 12.7. The van der Waals surface area contributed by atoms with Crippen LogP contribution in [-0.4, -0.2) is 28.9 Å². The lowest BCUT2D eigenvalue weighted by atomic mass is 9.99. The summed E-state index contributed by atoms with van der Waals surface area (Å²) in [5.74, 6) is -2.83. The fourth-order valence-electron chi connectivity index (χ4n) is 2.47. The van der Waals surface area contributed by atoms with E-state index in [1.807, 2.05) is 6.92 Å². The Balaban J connectivity index is 2.14. The predicted molar refractivity (Wildman–Crippen MR) is 102 cm³/mol. The summed E-state index contributed by atoms with van der Waals surface area (Å²) in [6.07, 6.45) is 0.607. The van der Waals surface area contributed by atoms with Crippen LogP contribution in [0.1, 0.15) is 45.9 Å². The van der Waals surface area contributed by atoms with Gasteiger partial charge in [-0.25, -0.2) is 9.18 Å². The summed E-state index contributed by atoms with van der Waals surface area (Å²) in [7, 11) is 0. The molecule has 6 nitrogen and oxygen atoms in total. The van der Waals surface area contributed by atoms with E-state index in [1.165, 1.54) is 18.2 Å². The molecule has 8 heteroatoms. The number of carboxylic acids is 1. The molecule has 0 saturated carbocycles. The zero-order valence-corrected chi connectivity index (χ0v) is 16.0. The lowest BCUT2D eigenvalue weighted by Gasteiger charge is -2.19. The van der Waals surface area contributed by atoms with Crippen LogP contribution in [0.4, 0.5) is 9.39 Å². The fourth-order valence-corrected chi connectivity index (χ4v) is 3.44. The monoisotopic (exact) mass is 392 g/mol. The smallest absolute Gasteiger partial charge is 0.326 e. The standard InChI is InChI=1S/C19H21FN2O4S/c1-4-10(2)15(19(25)26)22-18(24)16-11(3)8-14(27-16)21-17(23)12-6-5-7-13(20)9-12/h5-10,15H,4H2,1-3H3,(H,21,23)(H,22,24)(H,25,26). The molecule has 3 N–H and O–H groups in total. The van der Waals surface area contributed by atoms with Gasteiger partial charge in [-0.1, -0.05) is 26.3 Å². The van der Waals surface area contributed by atoms with Crippen molar-refractivity contribution in [2.45, 2.75) is 33.2 Å². The minimum atomic E-state index is -1.09. The zero-order chi connectivity index (χ0) is 20.1. The van der Waals surface area contributed by atoms with Crippen LogP contribution in [-0.2, 0) is 4.79 Å². The molecular weight excluding hydrogens is 371 g/mol.